The monoisotopic (exact) mass is 514 g/mol. The van der Waals surface area contributed by atoms with Crippen LogP contribution in [0.3, 0.4) is 0 Å². The lowest BCUT2D eigenvalue weighted by Crippen LogP contribution is -2.58. The summed E-state index contributed by atoms with van der Waals surface area (Å²) in [5.41, 5.74) is 6.92. The third-order valence-corrected chi connectivity index (χ3v) is 5.69. The molecule has 0 spiro atoms. The number of aliphatic hydroxyl groups excluding tert-OH is 1. The van der Waals surface area contributed by atoms with Crippen LogP contribution in [0, 0.1) is 5.92 Å². The number of nitrogens with one attached hydrogen (secondary N) is 3. The number of rotatable bonds is 13. The molecule has 0 saturated carbocycles. The molecule has 11 nitrogen and oxygen atoms in total. The molecule has 0 saturated heterocycles. The first kappa shape index (κ1) is 29.3. The maximum atomic E-state index is 13.3. The Bertz CT molecular complexity index is 1060. The van der Waals surface area contributed by atoms with Gasteiger partial charge in [-0.25, -0.2) is 4.79 Å². The topological polar surface area (TPSA) is 191 Å². The molecule has 37 heavy (non-hydrogen) atoms. The summed E-state index contributed by atoms with van der Waals surface area (Å²) in [6.45, 7) is 2.67. The molecule has 2 aromatic rings. The van der Waals surface area contributed by atoms with Crippen molar-refractivity contribution in [2.24, 2.45) is 11.7 Å². The highest BCUT2D eigenvalue weighted by Crippen LogP contribution is 2.12. The molecular formula is C26H34N4O7. The van der Waals surface area contributed by atoms with Gasteiger partial charge in [0.25, 0.3) is 0 Å². The van der Waals surface area contributed by atoms with E-state index in [0.717, 1.165) is 5.56 Å². The van der Waals surface area contributed by atoms with E-state index in [2.05, 4.69) is 16.0 Å². The first-order valence-electron chi connectivity index (χ1n) is 11.8. The quantitative estimate of drug-likeness (QED) is 0.189. The minimum absolute atomic E-state index is 0.000572. The van der Waals surface area contributed by atoms with Gasteiger partial charge in [0.1, 0.15) is 29.9 Å². The van der Waals surface area contributed by atoms with E-state index in [1.165, 1.54) is 12.1 Å². The summed E-state index contributed by atoms with van der Waals surface area (Å²) < 4.78 is 0. The molecule has 3 amide bonds. The largest absolute Gasteiger partial charge is 0.508 e. The molecule has 4 atom stereocenters. The predicted octanol–water partition coefficient (Wildman–Crippen LogP) is -0.308. The second-order valence-electron chi connectivity index (χ2n) is 9.04. The molecule has 2 aromatic carbocycles. The van der Waals surface area contributed by atoms with Gasteiger partial charge in [-0.2, -0.15) is 0 Å². The highest BCUT2D eigenvalue weighted by Gasteiger charge is 2.31. The number of carbonyl (C=O) groups is 4. The Morgan fingerprint density at radius 1 is 0.784 bits per heavy atom. The first-order chi connectivity index (χ1) is 17.5. The molecule has 2 rings (SSSR count). The number of amides is 3. The molecule has 0 heterocycles. The van der Waals surface area contributed by atoms with Gasteiger partial charge in [-0.15, -0.1) is 0 Å². The highest BCUT2D eigenvalue weighted by atomic mass is 16.4. The number of phenolic OH excluding ortho intramolecular Hbond substituents is 1. The molecule has 0 aromatic heterocycles. The van der Waals surface area contributed by atoms with Gasteiger partial charge in [0, 0.05) is 12.8 Å². The third-order valence-electron chi connectivity index (χ3n) is 5.69. The van der Waals surface area contributed by atoms with Crippen LogP contribution in [0.5, 0.6) is 5.75 Å². The Morgan fingerprint density at radius 3 is 1.76 bits per heavy atom. The molecule has 0 fully saturated rings. The third kappa shape index (κ3) is 9.21. The zero-order valence-electron chi connectivity index (χ0n) is 20.8. The van der Waals surface area contributed by atoms with Crippen molar-refractivity contribution in [3.63, 3.8) is 0 Å². The summed E-state index contributed by atoms with van der Waals surface area (Å²) >= 11 is 0. The number of hydrogen-bond acceptors (Lipinski definition) is 7. The summed E-state index contributed by atoms with van der Waals surface area (Å²) in [5, 5.41) is 35.9. The van der Waals surface area contributed by atoms with Crippen molar-refractivity contribution >= 4 is 23.7 Å². The van der Waals surface area contributed by atoms with Gasteiger partial charge in [0.15, 0.2) is 0 Å². The van der Waals surface area contributed by atoms with Crippen LogP contribution in [0.1, 0.15) is 25.0 Å². The van der Waals surface area contributed by atoms with Gasteiger partial charge in [-0.05, 0) is 29.2 Å². The lowest BCUT2D eigenvalue weighted by Gasteiger charge is -2.26. The SMILES string of the molecule is CC(C)C(NC(=O)C(Cc1ccccc1)NC(=O)C(Cc1ccc(O)cc1)NC(=O)C(N)CO)C(=O)O. The Labute approximate surface area is 215 Å². The molecule has 8 N–H and O–H groups in total. The molecule has 4 unspecified atom stereocenters. The van der Waals surface area contributed by atoms with Gasteiger partial charge < -0.3 is 37.0 Å². The number of phenols is 1. The fourth-order valence-corrected chi connectivity index (χ4v) is 3.54. The summed E-state index contributed by atoms with van der Waals surface area (Å²) in [6, 6.07) is 10.1. The van der Waals surface area contributed by atoms with Crippen LogP contribution in [0.2, 0.25) is 0 Å². The molecule has 0 bridgehead atoms. The van der Waals surface area contributed by atoms with Gasteiger partial charge in [-0.1, -0.05) is 56.3 Å². The van der Waals surface area contributed by atoms with Crippen molar-refractivity contribution in [1.29, 1.82) is 0 Å². The smallest absolute Gasteiger partial charge is 0.326 e. The average Bonchev–Trinajstić information content (AvgIpc) is 2.87. The number of nitrogens with two attached hydrogens (primary N) is 1. The Hall–Kier alpha value is -3.96. The van der Waals surface area contributed by atoms with Crippen LogP contribution in [0.25, 0.3) is 0 Å². The summed E-state index contributed by atoms with van der Waals surface area (Å²) in [4.78, 5) is 50.5. The van der Waals surface area contributed by atoms with Crippen molar-refractivity contribution in [1.82, 2.24) is 16.0 Å². The van der Waals surface area contributed by atoms with Crippen LogP contribution in [-0.4, -0.2) is 69.8 Å². The van der Waals surface area contributed by atoms with E-state index in [0.29, 0.717) is 5.56 Å². The van der Waals surface area contributed by atoms with Crippen LogP contribution in [-0.2, 0) is 32.0 Å². The van der Waals surface area contributed by atoms with Crippen molar-refractivity contribution < 1.29 is 34.5 Å². The average molecular weight is 515 g/mol. The highest BCUT2D eigenvalue weighted by molar-refractivity contribution is 5.94. The van der Waals surface area contributed by atoms with Gasteiger partial charge in [0.2, 0.25) is 17.7 Å². The molecule has 0 radical (unpaired) electrons. The predicted molar refractivity (Wildman–Crippen MR) is 135 cm³/mol. The number of hydrogen-bond donors (Lipinski definition) is 7. The summed E-state index contributed by atoms with van der Waals surface area (Å²) in [7, 11) is 0. The molecule has 200 valence electrons. The van der Waals surface area contributed by atoms with E-state index < -0.39 is 60.4 Å². The Balaban J connectivity index is 2.31. The molecule has 11 heteroatoms. The maximum absolute atomic E-state index is 13.3. The lowest BCUT2D eigenvalue weighted by molar-refractivity contribution is -0.143. The summed E-state index contributed by atoms with van der Waals surface area (Å²) in [5.74, 6) is -3.76. The van der Waals surface area contributed by atoms with E-state index in [1.807, 2.05) is 0 Å². The van der Waals surface area contributed by atoms with E-state index in [-0.39, 0.29) is 18.6 Å². The Morgan fingerprint density at radius 2 is 1.27 bits per heavy atom. The number of aromatic hydroxyl groups is 1. The molecule has 0 aliphatic heterocycles. The zero-order valence-corrected chi connectivity index (χ0v) is 20.8. The van der Waals surface area contributed by atoms with E-state index in [4.69, 9.17) is 5.73 Å². The maximum Gasteiger partial charge on any atom is 0.326 e. The zero-order chi connectivity index (χ0) is 27.5. The van der Waals surface area contributed by atoms with Crippen molar-refractivity contribution in [2.45, 2.75) is 50.9 Å². The second-order valence-corrected chi connectivity index (χ2v) is 9.04. The van der Waals surface area contributed by atoms with Gasteiger partial charge in [0.05, 0.1) is 6.61 Å². The first-order valence-corrected chi connectivity index (χ1v) is 11.8. The van der Waals surface area contributed by atoms with E-state index >= 15 is 0 Å². The minimum atomic E-state index is -1.26. The summed E-state index contributed by atoms with van der Waals surface area (Å²) in [6.07, 6.45) is 0.0678. The van der Waals surface area contributed by atoms with Crippen molar-refractivity contribution in [3.05, 3.63) is 65.7 Å². The van der Waals surface area contributed by atoms with Crippen molar-refractivity contribution in [3.8, 4) is 5.75 Å². The van der Waals surface area contributed by atoms with Crippen LogP contribution < -0.4 is 21.7 Å². The fourth-order valence-electron chi connectivity index (χ4n) is 3.54. The van der Waals surface area contributed by atoms with Crippen LogP contribution in [0.15, 0.2) is 54.6 Å². The molecule has 0 aliphatic rings. The number of aliphatic carboxylic acids is 1. The van der Waals surface area contributed by atoms with Crippen LogP contribution >= 0.6 is 0 Å². The van der Waals surface area contributed by atoms with E-state index in [9.17, 15) is 34.5 Å². The van der Waals surface area contributed by atoms with Crippen LogP contribution in [0.4, 0.5) is 0 Å². The van der Waals surface area contributed by atoms with Gasteiger partial charge in [-0.3, -0.25) is 14.4 Å². The minimum Gasteiger partial charge on any atom is -0.508 e. The lowest BCUT2D eigenvalue weighted by atomic mass is 10.0. The van der Waals surface area contributed by atoms with Crippen molar-refractivity contribution in [2.75, 3.05) is 6.61 Å². The number of benzene rings is 2. The number of aliphatic hydroxyl groups is 1. The molecule has 0 aliphatic carbocycles. The Kier molecular flexibility index (Phi) is 11.0. The molecular weight excluding hydrogens is 480 g/mol. The number of carboxylic acids is 1. The number of carboxylic acid groups (broad SMARTS) is 1. The van der Waals surface area contributed by atoms with Gasteiger partial charge >= 0.3 is 5.97 Å². The fraction of sp³-hybridized carbons (Fsp3) is 0.385. The standard InChI is InChI=1S/C26H34N4O7/c1-15(2)22(26(36)37)30-25(35)21(12-16-6-4-3-5-7-16)29-24(34)20(28-23(33)19(27)14-31)13-17-8-10-18(32)11-9-17/h3-11,15,19-22,31-32H,12-14,27H2,1-2H3,(H,28,33)(H,29,34)(H,30,35)(H,36,37). The normalized spacial score (nSPS) is 14.2. The second kappa shape index (κ2) is 14.0. The van der Waals surface area contributed by atoms with E-state index in [1.54, 1.807) is 56.3 Å². The number of carbonyl (C=O) groups excluding carboxylic acids is 3.